The summed E-state index contributed by atoms with van der Waals surface area (Å²) < 4.78 is 0. The second kappa shape index (κ2) is 9.09. The lowest BCUT2D eigenvalue weighted by Crippen LogP contribution is -2.53. The molecule has 3 N–H and O–H groups in total. The van der Waals surface area contributed by atoms with Crippen molar-refractivity contribution in [1.82, 2.24) is 21.5 Å². The second-order valence-corrected chi connectivity index (χ2v) is 4.27. The van der Waals surface area contributed by atoms with Crippen LogP contribution in [0.1, 0.15) is 51.9 Å². The Hall–Kier alpha value is -0.160. The first kappa shape index (κ1) is 12.9. The van der Waals surface area contributed by atoms with Crippen LogP contribution in [0.5, 0.6) is 0 Å². The maximum Gasteiger partial charge on any atom is 0.0144 e. The van der Waals surface area contributed by atoms with Crippen LogP contribution in [0.3, 0.4) is 0 Å². The molecular weight excluding hydrogens is 188 g/mol. The van der Waals surface area contributed by atoms with Gasteiger partial charge < -0.3 is 0 Å². The summed E-state index contributed by atoms with van der Waals surface area (Å²) in [5.74, 6) is 0. The van der Waals surface area contributed by atoms with Crippen LogP contribution in [0.15, 0.2) is 0 Å². The molecular formula is C11H26N4. The Balaban J connectivity index is 2.19. The predicted molar refractivity (Wildman–Crippen MR) is 63.8 cm³/mol. The fraction of sp³-hybridized carbons (Fsp3) is 1.00. The van der Waals surface area contributed by atoms with Gasteiger partial charge in [0.25, 0.3) is 0 Å². The molecule has 1 aliphatic heterocycles. The van der Waals surface area contributed by atoms with Crippen LogP contribution in [0.2, 0.25) is 0 Å². The van der Waals surface area contributed by atoms with E-state index in [0.29, 0.717) is 0 Å². The fourth-order valence-corrected chi connectivity index (χ4v) is 1.90. The SMILES string of the molecule is CCCN1CCCCCCCCNNN1. The minimum atomic E-state index is 1.05. The first-order valence-corrected chi connectivity index (χ1v) is 6.42. The average Bonchev–Trinajstić information content (AvgIpc) is 2.22. The third kappa shape index (κ3) is 6.84. The van der Waals surface area contributed by atoms with Crippen molar-refractivity contribution in [3.8, 4) is 0 Å². The van der Waals surface area contributed by atoms with E-state index in [1.807, 2.05) is 0 Å². The number of hydrogen-bond donors (Lipinski definition) is 3. The third-order valence-corrected chi connectivity index (χ3v) is 2.78. The maximum atomic E-state index is 3.21. The zero-order chi connectivity index (χ0) is 10.8. The summed E-state index contributed by atoms with van der Waals surface area (Å²) >= 11 is 0. The topological polar surface area (TPSA) is 39.3 Å². The number of nitrogens with one attached hydrogen (secondary N) is 3. The summed E-state index contributed by atoms with van der Waals surface area (Å²) in [4.78, 5) is 0. The molecule has 0 bridgehead atoms. The van der Waals surface area contributed by atoms with Gasteiger partial charge in [0.15, 0.2) is 0 Å². The van der Waals surface area contributed by atoms with E-state index in [1.165, 1.54) is 44.9 Å². The van der Waals surface area contributed by atoms with E-state index in [2.05, 4.69) is 28.4 Å². The molecule has 15 heavy (non-hydrogen) atoms. The molecule has 1 heterocycles. The lowest BCUT2D eigenvalue weighted by molar-refractivity contribution is 0.130. The van der Waals surface area contributed by atoms with Crippen molar-refractivity contribution in [2.45, 2.75) is 51.9 Å². The van der Waals surface area contributed by atoms with Gasteiger partial charge in [-0.25, -0.2) is 10.4 Å². The summed E-state index contributed by atoms with van der Waals surface area (Å²) in [5, 5.41) is 2.26. The Bertz CT molecular complexity index is 129. The molecule has 0 aromatic rings. The molecule has 90 valence electrons. The third-order valence-electron chi connectivity index (χ3n) is 2.78. The van der Waals surface area contributed by atoms with Gasteiger partial charge in [0.2, 0.25) is 0 Å². The molecule has 1 saturated heterocycles. The smallest absolute Gasteiger partial charge is 0.0144 e. The van der Waals surface area contributed by atoms with Gasteiger partial charge in [0.05, 0.1) is 0 Å². The minimum absolute atomic E-state index is 1.05. The van der Waals surface area contributed by atoms with Gasteiger partial charge in [0, 0.05) is 19.6 Å². The molecule has 0 aliphatic carbocycles. The highest BCUT2D eigenvalue weighted by Gasteiger charge is 2.02. The van der Waals surface area contributed by atoms with Crippen molar-refractivity contribution in [2.24, 2.45) is 0 Å². The summed E-state index contributed by atoms with van der Waals surface area (Å²) in [7, 11) is 0. The molecule has 1 rings (SSSR count). The fourth-order valence-electron chi connectivity index (χ4n) is 1.90. The summed E-state index contributed by atoms with van der Waals surface area (Å²) in [6, 6.07) is 0. The monoisotopic (exact) mass is 214 g/mol. The van der Waals surface area contributed by atoms with Crippen LogP contribution in [0.4, 0.5) is 0 Å². The lowest BCUT2D eigenvalue weighted by Gasteiger charge is -2.23. The van der Waals surface area contributed by atoms with E-state index < -0.39 is 0 Å². The molecule has 0 aromatic heterocycles. The Morgan fingerprint density at radius 1 is 1.00 bits per heavy atom. The quantitative estimate of drug-likeness (QED) is 0.652. The highest BCUT2D eigenvalue weighted by atomic mass is 15.8. The number of rotatable bonds is 2. The Labute approximate surface area is 93.7 Å². The van der Waals surface area contributed by atoms with Gasteiger partial charge in [-0.3, -0.25) is 0 Å². The lowest BCUT2D eigenvalue weighted by atomic mass is 10.1. The van der Waals surface area contributed by atoms with Crippen LogP contribution >= 0.6 is 0 Å². The normalized spacial score (nSPS) is 23.0. The minimum Gasteiger partial charge on any atom is -0.243 e. The molecule has 0 radical (unpaired) electrons. The van der Waals surface area contributed by atoms with Crippen molar-refractivity contribution in [3.63, 3.8) is 0 Å². The van der Waals surface area contributed by atoms with Gasteiger partial charge in [-0.1, -0.05) is 32.6 Å². The molecule has 0 spiro atoms. The molecule has 1 fully saturated rings. The molecule has 4 nitrogen and oxygen atoms in total. The van der Waals surface area contributed by atoms with Crippen molar-refractivity contribution >= 4 is 0 Å². The van der Waals surface area contributed by atoms with Gasteiger partial charge in [-0.2, -0.15) is 11.1 Å². The molecule has 1 aliphatic rings. The zero-order valence-electron chi connectivity index (χ0n) is 10.0. The van der Waals surface area contributed by atoms with Gasteiger partial charge >= 0.3 is 0 Å². The Morgan fingerprint density at radius 2 is 1.73 bits per heavy atom. The highest BCUT2D eigenvalue weighted by molar-refractivity contribution is 4.53. The number of hydrazine groups is 3. The van der Waals surface area contributed by atoms with Crippen LogP contribution in [0, 0.1) is 0 Å². The van der Waals surface area contributed by atoms with Crippen LogP contribution < -0.4 is 16.5 Å². The maximum absolute atomic E-state index is 3.21. The van der Waals surface area contributed by atoms with Crippen molar-refractivity contribution in [1.29, 1.82) is 0 Å². The standard InChI is InChI=1S/C11H26N4/c1-2-10-15-11-8-6-4-3-5-7-9-12-13-14-15/h12-14H,2-11H2,1H3. The van der Waals surface area contributed by atoms with Crippen molar-refractivity contribution < 1.29 is 0 Å². The first-order valence-electron chi connectivity index (χ1n) is 6.42. The van der Waals surface area contributed by atoms with E-state index in [9.17, 15) is 0 Å². The Kier molecular flexibility index (Phi) is 7.83. The zero-order valence-corrected chi connectivity index (χ0v) is 10.0. The van der Waals surface area contributed by atoms with E-state index in [4.69, 9.17) is 0 Å². The highest BCUT2D eigenvalue weighted by Crippen LogP contribution is 2.05. The average molecular weight is 214 g/mol. The molecule has 0 unspecified atom stereocenters. The van der Waals surface area contributed by atoms with Crippen molar-refractivity contribution in [3.05, 3.63) is 0 Å². The molecule has 4 heteroatoms. The van der Waals surface area contributed by atoms with Crippen molar-refractivity contribution in [2.75, 3.05) is 19.6 Å². The molecule has 0 amide bonds. The summed E-state index contributed by atoms with van der Waals surface area (Å²) in [6.45, 7) is 5.51. The Morgan fingerprint density at radius 3 is 2.53 bits per heavy atom. The first-order chi connectivity index (χ1) is 7.43. The van der Waals surface area contributed by atoms with Gasteiger partial charge in [0.1, 0.15) is 0 Å². The molecule has 0 atom stereocenters. The molecule has 0 aromatic carbocycles. The van der Waals surface area contributed by atoms with Crippen LogP contribution in [-0.2, 0) is 0 Å². The van der Waals surface area contributed by atoms with E-state index in [-0.39, 0.29) is 0 Å². The largest absolute Gasteiger partial charge is 0.243 e. The van der Waals surface area contributed by atoms with Gasteiger partial charge in [-0.05, 0) is 19.3 Å². The number of hydrogen-bond acceptors (Lipinski definition) is 4. The predicted octanol–water partition coefficient (Wildman–Crippen LogP) is 1.57. The van der Waals surface area contributed by atoms with E-state index in [1.54, 1.807) is 0 Å². The molecule has 0 saturated carbocycles. The number of nitrogens with zero attached hydrogens (tertiary/aromatic N) is 1. The summed E-state index contributed by atoms with van der Waals surface area (Å²) in [6.07, 6.45) is 9.27. The van der Waals surface area contributed by atoms with E-state index >= 15 is 0 Å². The summed E-state index contributed by atoms with van der Waals surface area (Å²) in [5.41, 5.74) is 9.46. The van der Waals surface area contributed by atoms with Crippen LogP contribution in [0.25, 0.3) is 0 Å². The van der Waals surface area contributed by atoms with Gasteiger partial charge in [-0.15, -0.1) is 0 Å². The van der Waals surface area contributed by atoms with Crippen LogP contribution in [-0.4, -0.2) is 24.6 Å². The van der Waals surface area contributed by atoms with E-state index in [0.717, 1.165) is 19.6 Å². The second-order valence-electron chi connectivity index (χ2n) is 4.27.